The molecule has 0 atom stereocenters. The summed E-state index contributed by atoms with van der Waals surface area (Å²) in [5.74, 6) is -2.45. The van der Waals surface area contributed by atoms with Crippen molar-refractivity contribution in [1.82, 2.24) is 10.2 Å². The maximum atomic E-state index is 13.4. The largest absolute Gasteiger partial charge is 0.352 e. The normalized spacial score (nSPS) is 9.91. The van der Waals surface area contributed by atoms with Gasteiger partial charge >= 0.3 is 0 Å². The molecule has 118 valence electrons. The van der Waals surface area contributed by atoms with E-state index in [-0.39, 0.29) is 30.9 Å². The molecule has 0 radical (unpaired) electrons. The summed E-state index contributed by atoms with van der Waals surface area (Å²) in [4.78, 5) is 24.8. The maximum Gasteiger partial charge on any atom is 0.254 e. The molecule has 0 bridgehead atoms. The molecule has 0 aliphatic heterocycles. The van der Waals surface area contributed by atoms with Crippen molar-refractivity contribution in [2.45, 2.75) is 19.3 Å². The Bertz CT molecular complexity index is 585. The highest BCUT2D eigenvalue weighted by Crippen LogP contribution is 2.09. The molecule has 5 nitrogen and oxygen atoms in total. The lowest BCUT2D eigenvalue weighted by atomic mass is 10.2. The zero-order chi connectivity index (χ0) is 16.5. The number of benzene rings is 1. The van der Waals surface area contributed by atoms with Crippen molar-refractivity contribution in [3.05, 3.63) is 35.4 Å². The maximum absolute atomic E-state index is 13.4. The van der Waals surface area contributed by atoms with Gasteiger partial charge in [0.25, 0.3) is 5.91 Å². The van der Waals surface area contributed by atoms with Gasteiger partial charge in [-0.15, -0.1) is 0 Å². The van der Waals surface area contributed by atoms with Crippen LogP contribution in [0.4, 0.5) is 8.78 Å². The van der Waals surface area contributed by atoms with Crippen LogP contribution in [-0.2, 0) is 4.79 Å². The first-order valence-corrected chi connectivity index (χ1v) is 6.80. The Labute approximate surface area is 127 Å². The summed E-state index contributed by atoms with van der Waals surface area (Å²) >= 11 is 0. The number of halogens is 2. The third-order valence-corrected chi connectivity index (χ3v) is 3.01. The summed E-state index contributed by atoms with van der Waals surface area (Å²) in [5, 5.41) is 10.9. The number of nitrogens with zero attached hydrogens (tertiary/aromatic N) is 2. The predicted molar refractivity (Wildman–Crippen MR) is 75.8 cm³/mol. The first-order valence-electron chi connectivity index (χ1n) is 6.80. The topological polar surface area (TPSA) is 73.2 Å². The molecular weight excluding hydrogens is 292 g/mol. The van der Waals surface area contributed by atoms with Crippen molar-refractivity contribution in [1.29, 1.82) is 5.26 Å². The Kier molecular flexibility index (Phi) is 6.96. The molecule has 1 rings (SSSR count). The van der Waals surface area contributed by atoms with Gasteiger partial charge in [-0.1, -0.05) is 0 Å². The summed E-state index contributed by atoms with van der Waals surface area (Å²) in [6.45, 7) is 0.565. The molecule has 0 saturated carbocycles. The van der Waals surface area contributed by atoms with Crippen molar-refractivity contribution in [2.75, 3.05) is 20.1 Å². The lowest BCUT2D eigenvalue weighted by molar-refractivity contribution is -0.129. The van der Waals surface area contributed by atoms with E-state index >= 15 is 0 Å². The van der Waals surface area contributed by atoms with E-state index in [2.05, 4.69) is 5.32 Å². The van der Waals surface area contributed by atoms with Crippen LogP contribution in [0.5, 0.6) is 0 Å². The molecule has 0 heterocycles. The Morgan fingerprint density at radius 2 is 2.09 bits per heavy atom. The van der Waals surface area contributed by atoms with Crippen molar-refractivity contribution >= 4 is 11.8 Å². The Hall–Kier alpha value is -2.49. The smallest absolute Gasteiger partial charge is 0.254 e. The molecule has 1 aromatic carbocycles. The highest BCUT2D eigenvalue weighted by Gasteiger charge is 2.12. The summed E-state index contributed by atoms with van der Waals surface area (Å²) in [6.07, 6.45) is 0.876. The molecule has 0 spiro atoms. The number of carbonyl (C=O) groups excluding carboxylic acids is 2. The van der Waals surface area contributed by atoms with Gasteiger partial charge in [0, 0.05) is 32.6 Å². The van der Waals surface area contributed by atoms with E-state index < -0.39 is 17.5 Å². The van der Waals surface area contributed by atoms with Gasteiger partial charge in [0.1, 0.15) is 11.6 Å². The van der Waals surface area contributed by atoms with Crippen LogP contribution in [-0.4, -0.2) is 36.9 Å². The number of amides is 2. The molecule has 7 heteroatoms. The van der Waals surface area contributed by atoms with Crippen LogP contribution in [0.3, 0.4) is 0 Å². The van der Waals surface area contributed by atoms with E-state index in [1.54, 1.807) is 7.05 Å². The quantitative estimate of drug-likeness (QED) is 0.781. The second-order valence-corrected chi connectivity index (χ2v) is 4.71. The number of nitriles is 1. The van der Waals surface area contributed by atoms with Crippen LogP contribution < -0.4 is 5.32 Å². The molecule has 0 aliphatic carbocycles. The summed E-state index contributed by atoms with van der Waals surface area (Å²) in [5.41, 5.74) is -0.237. The Morgan fingerprint density at radius 3 is 2.73 bits per heavy atom. The lowest BCUT2D eigenvalue weighted by Gasteiger charge is -2.15. The first kappa shape index (κ1) is 17.6. The van der Waals surface area contributed by atoms with Gasteiger partial charge in [0.2, 0.25) is 5.91 Å². The molecule has 0 unspecified atom stereocenters. The van der Waals surface area contributed by atoms with E-state index in [1.807, 2.05) is 6.07 Å². The van der Waals surface area contributed by atoms with Gasteiger partial charge in [-0.2, -0.15) is 5.26 Å². The van der Waals surface area contributed by atoms with Crippen LogP contribution in [0, 0.1) is 23.0 Å². The number of carbonyl (C=O) groups is 2. The van der Waals surface area contributed by atoms with Crippen molar-refractivity contribution in [3.63, 3.8) is 0 Å². The number of nitrogens with one attached hydrogen (secondary N) is 1. The fraction of sp³-hybridized carbons (Fsp3) is 0.400. The molecular formula is C15H17F2N3O2. The predicted octanol–water partition coefficient (Wildman–Crippen LogP) is 1.85. The van der Waals surface area contributed by atoms with E-state index in [9.17, 15) is 18.4 Å². The van der Waals surface area contributed by atoms with Crippen molar-refractivity contribution < 1.29 is 18.4 Å². The van der Waals surface area contributed by atoms with Gasteiger partial charge in [0.05, 0.1) is 18.1 Å². The Morgan fingerprint density at radius 1 is 1.36 bits per heavy atom. The van der Waals surface area contributed by atoms with Crippen LogP contribution in [0.1, 0.15) is 29.6 Å². The summed E-state index contributed by atoms with van der Waals surface area (Å²) < 4.78 is 26.1. The van der Waals surface area contributed by atoms with Gasteiger partial charge in [-0.25, -0.2) is 8.78 Å². The zero-order valence-corrected chi connectivity index (χ0v) is 12.2. The van der Waals surface area contributed by atoms with Crippen LogP contribution in [0.2, 0.25) is 0 Å². The van der Waals surface area contributed by atoms with Crippen LogP contribution in [0.15, 0.2) is 18.2 Å². The van der Waals surface area contributed by atoms with E-state index in [1.165, 1.54) is 4.90 Å². The fourth-order valence-electron chi connectivity index (χ4n) is 1.74. The zero-order valence-electron chi connectivity index (χ0n) is 12.2. The first-order chi connectivity index (χ1) is 10.5. The van der Waals surface area contributed by atoms with E-state index in [0.717, 1.165) is 12.1 Å². The lowest BCUT2D eigenvalue weighted by Crippen LogP contribution is -2.29. The fourth-order valence-corrected chi connectivity index (χ4v) is 1.74. The highest BCUT2D eigenvalue weighted by molar-refractivity contribution is 5.94. The van der Waals surface area contributed by atoms with Crippen LogP contribution >= 0.6 is 0 Å². The van der Waals surface area contributed by atoms with Crippen molar-refractivity contribution in [3.8, 4) is 6.07 Å². The number of hydrogen-bond donors (Lipinski definition) is 1. The SMILES string of the molecule is CN(CCC#N)C(=O)CCCNC(=O)c1ccc(F)cc1F. The molecule has 1 aromatic rings. The van der Waals surface area contributed by atoms with Gasteiger partial charge in [0.15, 0.2) is 0 Å². The van der Waals surface area contributed by atoms with Crippen LogP contribution in [0.25, 0.3) is 0 Å². The monoisotopic (exact) mass is 309 g/mol. The third kappa shape index (κ3) is 5.48. The molecule has 0 aliphatic rings. The van der Waals surface area contributed by atoms with Gasteiger partial charge in [-0.3, -0.25) is 9.59 Å². The summed E-state index contributed by atoms with van der Waals surface area (Å²) in [6, 6.07) is 4.67. The molecule has 2 amide bonds. The molecule has 22 heavy (non-hydrogen) atoms. The highest BCUT2D eigenvalue weighted by atomic mass is 19.1. The van der Waals surface area contributed by atoms with Gasteiger partial charge in [-0.05, 0) is 18.6 Å². The summed E-state index contributed by atoms with van der Waals surface area (Å²) in [7, 11) is 1.60. The molecule has 0 fully saturated rings. The minimum Gasteiger partial charge on any atom is -0.352 e. The second kappa shape index (κ2) is 8.72. The standard InChI is InChI=1S/C15H17F2N3O2/c1-20(9-3-7-18)14(21)4-2-8-19-15(22)12-6-5-11(16)10-13(12)17/h5-6,10H,2-4,8-9H2,1H3,(H,19,22). The van der Waals surface area contributed by atoms with E-state index in [4.69, 9.17) is 5.26 Å². The molecule has 1 N–H and O–H groups in total. The number of hydrogen-bond acceptors (Lipinski definition) is 3. The average Bonchev–Trinajstić information content (AvgIpc) is 2.48. The van der Waals surface area contributed by atoms with Crippen molar-refractivity contribution in [2.24, 2.45) is 0 Å². The second-order valence-electron chi connectivity index (χ2n) is 4.71. The minimum absolute atomic E-state index is 0.127. The number of rotatable bonds is 7. The Balaban J connectivity index is 2.34. The third-order valence-electron chi connectivity index (χ3n) is 3.01. The van der Waals surface area contributed by atoms with E-state index in [0.29, 0.717) is 19.0 Å². The molecule has 0 saturated heterocycles. The molecule has 0 aromatic heterocycles. The minimum atomic E-state index is -0.926. The average molecular weight is 309 g/mol. The van der Waals surface area contributed by atoms with Gasteiger partial charge < -0.3 is 10.2 Å².